The Kier molecular flexibility index (Phi) is 2.79. The molecule has 3 amide bonds. The van der Waals surface area contributed by atoms with Crippen LogP contribution in [-0.2, 0) is 14.4 Å². The minimum atomic E-state index is -0.608. The van der Waals surface area contributed by atoms with Crippen LogP contribution in [0.15, 0.2) is 12.7 Å². The average Bonchev–Trinajstić information content (AvgIpc) is 2.09. The molecule has 1 atom stereocenters. The van der Waals surface area contributed by atoms with Crippen molar-refractivity contribution in [2.75, 3.05) is 0 Å². The summed E-state index contributed by atoms with van der Waals surface area (Å²) >= 11 is 0. The van der Waals surface area contributed by atoms with Crippen LogP contribution in [-0.4, -0.2) is 23.8 Å². The molecular formula is C8H10N2O3. The molecule has 2 N–H and O–H groups in total. The lowest BCUT2D eigenvalue weighted by molar-refractivity contribution is -0.136. The summed E-state index contributed by atoms with van der Waals surface area (Å²) in [5.74, 6) is -1.16. The summed E-state index contributed by atoms with van der Waals surface area (Å²) in [6.45, 7) is 3.26. The fourth-order valence-corrected chi connectivity index (χ4v) is 1.06. The van der Waals surface area contributed by atoms with Crippen molar-refractivity contribution in [2.45, 2.75) is 18.9 Å². The molecule has 1 heterocycles. The number of amides is 3. The number of imide groups is 1. The largest absolute Gasteiger partial charge is 0.341 e. The van der Waals surface area contributed by atoms with E-state index in [0.717, 1.165) is 6.08 Å². The number of carbonyl (C=O) groups is 3. The first-order valence-corrected chi connectivity index (χ1v) is 3.90. The molecule has 0 saturated carbocycles. The van der Waals surface area contributed by atoms with Gasteiger partial charge in [0.05, 0.1) is 0 Å². The number of piperidine rings is 1. The van der Waals surface area contributed by atoms with E-state index in [2.05, 4.69) is 17.2 Å². The van der Waals surface area contributed by atoms with E-state index >= 15 is 0 Å². The first kappa shape index (κ1) is 9.44. The van der Waals surface area contributed by atoms with E-state index in [1.807, 2.05) is 0 Å². The van der Waals surface area contributed by atoms with E-state index in [4.69, 9.17) is 0 Å². The van der Waals surface area contributed by atoms with Gasteiger partial charge in [-0.2, -0.15) is 0 Å². The molecule has 0 radical (unpaired) electrons. The standard InChI is InChI=1S/C8H10N2O3/c1-2-6(11)9-5-3-4-7(12)10-8(5)13/h2,5H,1,3-4H2,(H,9,11)(H,10,12,13)/t5-/m0/s1. The fourth-order valence-electron chi connectivity index (χ4n) is 1.06. The molecule has 0 unspecified atom stereocenters. The van der Waals surface area contributed by atoms with Crippen molar-refractivity contribution in [3.63, 3.8) is 0 Å². The highest BCUT2D eigenvalue weighted by Gasteiger charge is 2.26. The van der Waals surface area contributed by atoms with Crippen molar-refractivity contribution in [1.82, 2.24) is 10.6 Å². The maximum Gasteiger partial charge on any atom is 0.249 e. The summed E-state index contributed by atoms with van der Waals surface area (Å²) in [4.78, 5) is 32.6. The predicted octanol–water partition coefficient (Wildman–Crippen LogP) is -0.906. The molecule has 1 aliphatic rings. The van der Waals surface area contributed by atoms with Crippen molar-refractivity contribution < 1.29 is 14.4 Å². The lowest BCUT2D eigenvalue weighted by Crippen LogP contribution is -2.51. The van der Waals surface area contributed by atoms with Gasteiger partial charge in [0.25, 0.3) is 0 Å². The van der Waals surface area contributed by atoms with E-state index in [1.54, 1.807) is 0 Å². The molecule has 0 spiro atoms. The number of hydrogen-bond acceptors (Lipinski definition) is 3. The monoisotopic (exact) mass is 182 g/mol. The Balaban J connectivity index is 2.51. The highest BCUT2D eigenvalue weighted by atomic mass is 16.2. The zero-order valence-electron chi connectivity index (χ0n) is 7.00. The summed E-state index contributed by atoms with van der Waals surface area (Å²) in [5, 5.41) is 4.55. The second-order valence-electron chi connectivity index (χ2n) is 2.72. The van der Waals surface area contributed by atoms with Gasteiger partial charge in [0.15, 0.2) is 0 Å². The smallest absolute Gasteiger partial charge is 0.249 e. The first-order chi connectivity index (χ1) is 6.13. The number of hydrogen-bond donors (Lipinski definition) is 2. The summed E-state index contributed by atoms with van der Waals surface area (Å²) < 4.78 is 0. The molecular weight excluding hydrogens is 172 g/mol. The Morgan fingerprint density at radius 3 is 2.85 bits per heavy atom. The number of rotatable bonds is 2. The summed E-state index contributed by atoms with van der Waals surface area (Å²) in [7, 11) is 0. The molecule has 0 aromatic rings. The van der Waals surface area contributed by atoms with Crippen molar-refractivity contribution in [3.8, 4) is 0 Å². The van der Waals surface area contributed by atoms with E-state index in [-0.39, 0.29) is 12.3 Å². The molecule has 5 nitrogen and oxygen atoms in total. The van der Waals surface area contributed by atoms with Gasteiger partial charge in [0, 0.05) is 6.42 Å². The normalized spacial score (nSPS) is 22.0. The minimum absolute atomic E-state index is 0.258. The highest BCUT2D eigenvalue weighted by Crippen LogP contribution is 2.03. The van der Waals surface area contributed by atoms with Gasteiger partial charge < -0.3 is 5.32 Å². The van der Waals surface area contributed by atoms with Crippen molar-refractivity contribution in [3.05, 3.63) is 12.7 Å². The van der Waals surface area contributed by atoms with Crippen LogP contribution < -0.4 is 10.6 Å². The molecule has 0 aromatic heterocycles. The maximum absolute atomic E-state index is 11.1. The Hall–Kier alpha value is -1.65. The SMILES string of the molecule is C=CC(=O)N[C@H]1CCC(=O)NC1=O. The predicted molar refractivity (Wildman–Crippen MR) is 44.5 cm³/mol. The molecule has 13 heavy (non-hydrogen) atoms. The third kappa shape index (κ3) is 2.40. The quantitative estimate of drug-likeness (QED) is 0.429. The molecule has 1 rings (SSSR count). The first-order valence-electron chi connectivity index (χ1n) is 3.90. The molecule has 1 saturated heterocycles. The van der Waals surface area contributed by atoms with E-state index in [9.17, 15) is 14.4 Å². The van der Waals surface area contributed by atoms with Gasteiger partial charge in [-0.15, -0.1) is 0 Å². The van der Waals surface area contributed by atoms with E-state index in [1.165, 1.54) is 0 Å². The summed E-state index contributed by atoms with van der Waals surface area (Å²) in [5.41, 5.74) is 0. The second-order valence-corrected chi connectivity index (χ2v) is 2.72. The van der Waals surface area contributed by atoms with E-state index < -0.39 is 17.9 Å². The van der Waals surface area contributed by atoms with Crippen molar-refractivity contribution in [2.24, 2.45) is 0 Å². The van der Waals surface area contributed by atoms with Crippen LogP contribution in [0.2, 0.25) is 0 Å². The molecule has 0 aliphatic carbocycles. The van der Waals surface area contributed by atoms with Crippen LogP contribution >= 0.6 is 0 Å². The third-order valence-electron chi connectivity index (χ3n) is 1.74. The Labute approximate surface area is 75.2 Å². The van der Waals surface area contributed by atoms with Crippen LogP contribution in [0.4, 0.5) is 0 Å². The molecule has 1 aliphatic heterocycles. The van der Waals surface area contributed by atoms with Gasteiger partial charge in [-0.3, -0.25) is 19.7 Å². The van der Waals surface area contributed by atoms with Crippen LogP contribution in [0, 0.1) is 0 Å². The number of carbonyl (C=O) groups excluding carboxylic acids is 3. The Bertz CT molecular complexity index is 273. The molecule has 5 heteroatoms. The van der Waals surface area contributed by atoms with Gasteiger partial charge in [-0.1, -0.05) is 6.58 Å². The Morgan fingerprint density at radius 1 is 1.62 bits per heavy atom. The van der Waals surface area contributed by atoms with Crippen LogP contribution in [0.3, 0.4) is 0 Å². The highest BCUT2D eigenvalue weighted by molar-refractivity contribution is 6.02. The van der Waals surface area contributed by atoms with Crippen molar-refractivity contribution in [1.29, 1.82) is 0 Å². The lowest BCUT2D eigenvalue weighted by atomic mass is 10.1. The summed E-state index contributed by atoms with van der Waals surface area (Å²) in [6.07, 6.45) is 1.70. The zero-order valence-corrected chi connectivity index (χ0v) is 7.00. The van der Waals surface area contributed by atoms with Gasteiger partial charge in [-0.05, 0) is 12.5 Å². The fraction of sp³-hybridized carbons (Fsp3) is 0.375. The molecule has 70 valence electrons. The average molecular weight is 182 g/mol. The second kappa shape index (κ2) is 3.84. The zero-order chi connectivity index (χ0) is 9.84. The minimum Gasteiger partial charge on any atom is -0.341 e. The van der Waals surface area contributed by atoms with Gasteiger partial charge >= 0.3 is 0 Å². The topological polar surface area (TPSA) is 75.3 Å². The van der Waals surface area contributed by atoms with Gasteiger partial charge in [0.1, 0.15) is 6.04 Å². The Morgan fingerprint density at radius 2 is 2.31 bits per heavy atom. The third-order valence-corrected chi connectivity index (χ3v) is 1.74. The lowest BCUT2D eigenvalue weighted by Gasteiger charge is -2.20. The van der Waals surface area contributed by atoms with Crippen LogP contribution in [0.25, 0.3) is 0 Å². The molecule has 1 fully saturated rings. The van der Waals surface area contributed by atoms with Crippen LogP contribution in [0.5, 0.6) is 0 Å². The number of nitrogens with one attached hydrogen (secondary N) is 2. The van der Waals surface area contributed by atoms with Gasteiger partial charge in [0.2, 0.25) is 17.7 Å². The van der Waals surface area contributed by atoms with E-state index in [0.29, 0.717) is 6.42 Å². The van der Waals surface area contributed by atoms with Crippen molar-refractivity contribution >= 4 is 17.7 Å². The maximum atomic E-state index is 11.1. The molecule has 0 aromatic carbocycles. The van der Waals surface area contributed by atoms with Crippen LogP contribution in [0.1, 0.15) is 12.8 Å². The van der Waals surface area contributed by atoms with Gasteiger partial charge in [-0.25, -0.2) is 0 Å². The molecule has 0 bridgehead atoms. The summed E-state index contributed by atoms with van der Waals surface area (Å²) in [6, 6.07) is -0.608.